The van der Waals surface area contributed by atoms with Crippen LogP contribution in [-0.4, -0.2) is 36.1 Å². The lowest BCUT2D eigenvalue weighted by atomic mass is 9.87. The monoisotopic (exact) mass is 351 g/mol. The van der Waals surface area contributed by atoms with Gasteiger partial charge >= 0.3 is 5.97 Å². The van der Waals surface area contributed by atoms with Gasteiger partial charge in [-0.3, -0.25) is 4.79 Å². The molecule has 1 aliphatic heterocycles. The number of fused-ring (bicyclic) bond motifs is 2. The first-order valence-electron chi connectivity index (χ1n) is 8.65. The second-order valence-corrected chi connectivity index (χ2v) is 7.93. The lowest BCUT2D eigenvalue weighted by Gasteiger charge is -2.27. The van der Waals surface area contributed by atoms with E-state index in [1.807, 2.05) is 0 Å². The van der Waals surface area contributed by atoms with Crippen LogP contribution in [0.3, 0.4) is 0 Å². The third-order valence-electron chi connectivity index (χ3n) is 5.00. The van der Waals surface area contributed by atoms with Gasteiger partial charge in [-0.15, -0.1) is 11.3 Å². The molecule has 1 aromatic carbocycles. The number of aliphatic carboxylic acids is 1. The van der Waals surface area contributed by atoms with E-state index in [4.69, 9.17) is 5.11 Å². The number of nitrogens with zero attached hydrogens (tertiary/aromatic N) is 1. The predicted octanol–water partition coefficient (Wildman–Crippen LogP) is 4.39. The molecule has 1 aliphatic carbocycles. The van der Waals surface area contributed by atoms with E-state index in [0.29, 0.717) is 0 Å². The summed E-state index contributed by atoms with van der Waals surface area (Å²) in [5.74, 6) is -0.769. The van der Waals surface area contributed by atoms with Gasteiger partial charge in [0.1, 0.15) is 0 Å². The van der Waals surface area contributed by atoms with Crippen LogP contribution in [0.15, 0.2) is 35.9 Å². The average molecular weight is 351 g/mol. The number of carboxylic acid groups (broad SMARTS) is 1. The Morgan fingerprint density at radius 2 is 1.92 bits per heavy atom. The number of carbonyl (C=O) groups is 1. The summed E-state index contributed by atoms with van der Waals surface area (Å²) < 4.78 is 0. The van der Waals surface area contributed by atoms with Crippen molar-refractivity contribution >= 4 is 35.0 Å². The van der Waals surface area contributed by atoms with E-state index in [1.165, 1.54) is 32.7 Å². The van der Waals surface area contributed by atoms with Gasteiger partial charge in [-0.25, -0.2) is 0 Å². The van der Waals surface area contributed by atoms with E-state index in [-0.39, 0.29) is 6.42 Å². The summed E-state index contributed by atoms with van der Waals surface area (Å²) in [6.07, 6.45) is 6.55. The molecule has 0 spiro atoms. The van der Waals surface area contributed by atoms with Gasteiger partial charge < -0.3 is 10.0 Å². The first-order chi connectivity index (χ1) is 12.1. The highest BCUT2D eigenvalue weighted by Gasteiger charge is 2.23. The molecule has 1 fully saturated rings. The van der Waals surface area contributed by atoms with Crippen molar-refractivity contribution < 1.29 is 9.90 Å². The average Bonchev–Trinajstić information content (AvgIpc) is 2.90. The highest BCUT2D eigenvalue weighted by atomic mass is 32.1. The third-order valence-corrected chi connectivity index (χ3v) is 6.10. The van der Waals surface area contributed by atoms with Crippen LogP contribution in [0.5, 0.6) is 0 Å². The zero-order valence-electron chi connectivity index (χ0n) is 14.3. The largest absolute Gasteiger partial charge is 0.481 e. The summed E-state index contributed by atoms with van der Waals surface area (Å²) >= 11 is 1.60. The molecule has 2 aliphatic rings. The first-order valence-corrected chi connectivity index (χ1v) is 9.46. The van der Waals surface area contributed by atoms with Crippen molar-refractivity contribution in [2.75, 3.05) is 20.1 Å². The van der Waals surface area contributed by atoms with E-state index in [1.54, 1.807) is 11.3 Å². The van der Waals surface area contributed by atoms with Crippen molar-refractivity contribution in [2.24, 2.45) is 0 Å². The topological polar surface area (TPSA) is 40.5 Å². The van der Waals surface area contributed by atoms with Gasteiger partial charge in [0.25, 0.3) is 0 Å². The Kier molecular flexibility index (Phi) is 4.32. The lowest BCUT2D eigenvalue weighted by Crippen LogP contribution is -2.27. The minimum atomic E-state index is -0.769. The maximum Gasteiger partial charge on any atom is 0.308 e. The Morgan fingerprint density at radius 1 is 1.16 bits per heavy atom. The number of hydrogen-bond acceptors (Lipinski definition) is 3. The normalized spacial score (nSPS) is 17.2. The summed E-state index contributed by atoms with van der Waals surface area (Å²) in [6, 6.07) is 10.6. The van der Waals surface area contributed by atoms with Gasteiger partial charge in [-0.2, -0.15) is 0 Å². The summed E-state index contributed by atoms with van der Waals surface area (Å²) in [7, 11) is 2.17. The maximum atomic E-state index is 11.1. The maximum absolute atomic E-state index is 11.1. The van der Waals surface area contributed by atoms with Crippen molar-refractivity contribution in [2.45, 2.75) is 19.3 Å². The molecule has 1 aromatic heterocycles. The molecule has 0 radical (unpaired) electrons. The molecule has 128 valence electrons. The molecule has 0 amide bonds. The molecule has 2 heterocycles. The molecule has 0 saturated carbocycles. The summed E-state index contributed by atoms with van der Waals surface area (Å²) in [4.78, 5) is 15.6. The predicted molar refractivity (Wildman–Crippen MR) is 104 cm³/mol. The van der Waals surface area contributed by atoms with Gasteiger partial charge in [0, 0.05) is 28.4 Å². The number of hydrogen-bond donors (Lipinski definition) is 1. The fourth-order valence-electron chi connectivity index (χ4n) is 3.71. The molecule has 3 nitrogen and oxygen atoms in total. The van der Waals surface area contributed by atoms with Crippen LogP contribution in [0.4, 0.5) is 0 Å². The van der Waals surface area contributed by atoms with E-state index in [9.17, 15) is 4.79 Å². The standard InChI is InChI=1S/C21H21NO2S/c1-22-10-8-15(9-11-22)21-17-5-3-2-4-14(17)6-7-19-18(21)12-16(25-19)13-20(23)24/h2-7,12H,8-11,13H2,1H3,(H,23,24). The molecule has 0 bridgehead atoms. The van der Waals surface area contributed by atoms with Crippen LogP contribution in [0.1, 0.15) is 39.3 Å². The van der Waals surface area contributed by atoms with Crippen molar-refractivity contribution in [3.63, 3.8) is 0 Å². The van der Waals surface area contributed by atoms with Crippen molar-refractivity contribution in [3.05, 3.63) is 62.3 Å². The molecule has 0 unspecified atom stereocenters. The van der Waals surface area contributed by atoms with Gasteiger partial charge in [-0.05, 0) is 48.7 Å². The van der Waals surface area contributed by atoms with Crippen LogP contribution in [0.2, 0.25) is 0 Å². The van der Waals surface area contributed by atoms with Crippen LogP contribution >= 0.6 is 11.3 Å². The molecule has 4 heteroatoms. The van der Waals surface area contributed by atoms with Crippen LogP contribution in [0, 0.1) is 0 Å². The second-order valence-electron chi connectivity index (χ2n) is 6.76. The summed E-state index contributed by atoms with van der Waals surface area (Å²) in [5.41, 5.74) is 6.55. The number of carboxylic acids is 1. The van der Waals surface area contributed by atoms with Crippen molar-refractivity contribution in [1.82, 2.24) is 4.90 Å². The number of likely N-dealkylation sites (tertiary alicyclic amines) is 1. The SMILES string of the molecule is CN1CCC(=C2c3ccccc3C=Cc3sc(CC(=O)O)cc32)CC1. The van der Waals surface area contributed by atoms with Crippen molar-refractivity contribution in [1.29, 1.82) is 0 Å². The number of rotatable bonds is 2. The first kappa shape index (κ1) is 16.3. The Morgan fingerprint density at radius 3 is 2.68 bits per heavy atom. The number of benzene rings is 1. The van der Waals surface area contributed by atoms with Gasteiger partial charge in [0.2, 0.25) is 0 Å². The Labute approximate surface area is 151 Å². The van der Waals surface area contributed by atoms with Crippen LogP contribution in [-0.2, 0) is 11.2 Å². The fraction of sp³-hybridized carbons (Fsp3) is 0.286. The van der Waals surface area contributed by atoms with Crippen molar-refractivity contribution in [3.8, 4) is 0 Å². The minimum absolute atomic E-state index is 0.0957. The zero-order chi connectivity index (χ0) is 17.4. The van der Waals surface area contributed by atoms with Gasteiger partial charge in [-0.1, -0.05) is 35.9 Å². The second kappa shape index (κ2) is 6.62. The Bertz CT molecular complexity index is 881. The highest BCUT2D eigenvalue weighted by molar-refractivity contribution is 7.13. The zero-order valence-corrected chi connectivity index (χ0v) is 15.1. The quantitative estimate of drug-likeness (QED) is 0.744. The van der Waals surface area contributed by atoms with E-state index >= 15 is 0 Å². The molecule has 1 saturated heterocycles. The Hall–Kier alpha value is -2.17. The molecular weight excluding hydrogens is 330 g/mol. The Balaban J connectivity index is 1.89. The molecule has 25 heavy (non-hydrogen) atoms. The number of thiophene rings is 1. The third kappa shape index (κ3) is 3.20. The van der Waals surface area contributed by atoms with Gasteiger partial charge in [0.05, 0.1) is 6.42 Å². The van der Waals surface area contributed by atoms with Crippen LogP contribution in [0.25, 0.3) is 17.7 Å². The molecular formula is C21H21NO2S. The van der Waals surface area contributed by atoms with E-state index in [2.05, 4.69) is 54.4 Å². The number of piperidine rings is 1. The molecule has 2 aromatic rings. The highest BCUT2D eigenvalue weighted by Crippen LogP contribution is 2.41. The van der Waals surface area contributed by atoms with E-state index in [0.717, 1.165) is 30.8 Å². The summed E-state index contributed by atoms with van der Waals surface area (Å²) in [5, 5.41) is 9.16. The minimum Gasteiger partial charge on any atom is -0.481 e. The van der Waals surface area contributed by atoms with E-state index < -0.39 is 5.97 Å². The smallest absolute Gasteiger partial charge is 0.308 e. The molecule has 0 atom stereocenters. The lowest BCUT2D eigenvalue weighted by molar-refractivity contribution is -0.136. The molecule has 1 N–H and O–H groups in total. The molecule has 4 rings (SSSR count). The van der Waals surface area contributed by atoms with Gasteiger partial charge in [0.15, 0.2) is 0 Å². The van der Waals surface area contributed by atoms with Crippen LogP contribution < -0.4 is 0 Å². The summed E-state index contributed by atoms with van der Waals surface area (Å²) in [6.45, 7) is 2.16. The fourth-order valence-corrected chi connectivity index (χ4v) is 4.77.